The van der Waals surface area contributed by atoms with Crippen LogP contribution in [0.15, 0.2) is 12.6 Å². The minimum Gasteiger partial charge on any atom is -0.507 e. The lowest BCUT2D eigenvalue weighted by Crippen LogP contribution is -1.89. The predicted molar refractivity (Wildman–Crippen MR) is 68.4 cm³/mol. The number of rotatable bonds is 1. The van der Waals surface area contributed by atoms with Crippen LogP contribution in [-0.2, 0) is 0 Å². The summed E-state index contributed by atoms with van der Waals surface area (Å²) in [5, 5.41) is 9.58. The molecule has 0 heterocycles. The first kappa shape index (κ1) is 10.3. The van der Waals surface area contributed by atoms with Gasteiger partial charge in [0.15, 0.2) is 0 Å². The highest BCUT2D eigenvalue weighted by molar-refractivity contribution is 14.1. The summed E-state index contributed by atoms with van der Waals surface area (Å²) in [4.78, 5) is 0. The van der Waals surface area contributed by atoms with E-state index in [2.05, 4.69) is 51.8 Å². The first-order chi connectivity index (χ1) is 5.57. The van der Waals surface area contributed by atoms with Gasteiger partial charge in [0.05, 0.1) is 3.57 Å². The van der Waals surface area contributed by atoms with Crippen molar-refractivity contribution in [2.24, 2.45) is 0 Å². The van der Waals surface area contributed by atoms with Crippen molar-refractivity contribution in [1.82, 2.24) is 0 Å². The monoisotopic (exact) mass is 386 g/mol. The van der Waals surface area contributed by atoms with Crippen LogP contribution >= 0.6 is 45.2 Å². The summed E-state index contributed by atoms with van der Waals surface area (Å²) in [5.74, 6) is 0.367. The van der Waals surface area contributed by atoms with Gasteiger partial charge in [0.2, 0.25) is 0 Å². The number of phenols is 1. The number of phenolic OH excluding ortho intramolecular Hbond substituents is 1. The molecule has 0 aliphatic carbocycles. The zero-order valence-electron chi connectivity index (χ0n) is 6.56. The fourth-order valence-corrected chi connectivity index (χ4v) is 3.34. The quantitative estimate of drug-likeness (QED) is 0.733. The largest absolute Gasteiger partial charge is 0.507 e. The lowest BCUT2D eigenvalue weighted by molar-refractivity contribution is 0.467. The van der Waals surface area contributed by atoms with E-state index in [9.17, 15) is 5.11 Å². The number of aryl methyl sites for hydroxylation is 1. The second-order valence-corrected chi connectivity index (χ2v) is 4.70. The molecule has 0 radical (unpaired) electrons. The Kier molecular flexibility index (Phi) is 3.39. The second-order valence-electron chi connectivity index (χ2n) is 2.46. The molecular formula is C9H8I2O. The van der Waals surface area contributed by atoms with Crippen molar-refractivity contribution in [3.63, 3.8) is 0 Å². The molecule has 64 valence electrons. The molecule has 0 spiro atoms. The van der Waals surface area contributed by atoms with E-state index in [4.69, 9.17) is 0 Å². The molecule has 1 rings (SSSR count). The molecule has 0 amide bonds. The Labute approximate surface area is 99.2 Å². The molecule has 0 saturated carbocycles. The van der Waals surface area contributed by atoms with Gasteiger partial charge in [-0.1, -0.05) is 12.7 Å². The van der Waals surface area contributed by atoms with Gasteiger partial charge in [-0.3, -0.25) is 0 Å². The molecule has 0 bridgehead atoms. The van der Waals surface area contributed by atoms with Crippen LogP contribution in [0, 0.1) is 14.1 Å². The average molecular weight is 386 g/mol. The van der Waals surface area contributed by atoms with Crippen molar-refractivity contribution in [2.75, 3.05) is 0 Å². The van der Waals surface area contributed by atoms with E-state index in [1.54, 1.807) is 6.08 Å². The molecular weight excluding hydrogens is 378 g/mol. The molecule has 1 aromatic carbocycles. The van der Waals surface area contributed by atoms with E-state index in [1.165, 1.54) is 0 Å². The van der Waals surface area contributed by atoms with Crippen LogP contribution in [-0.4, -0.2) is 5.11 Å². The Balaban J connectivity index is 3.51. The first-order valence-corrected chi connectivity index (χ1v) is 5.53. The summed E-state index contributed by atoms with van der Waals surface area (Å²) < 4.78 is 2.01. The van der Waals surface area contributed by atoms with Gasteiger partial charge in [0.1, 0.15) is 5.75 Å². The molecule has 1 N–H and O–H groups in total. The summed E-state index contributed by atoms with van der Waals surface area (Å²) >= 11 is 4.37. The Morgan fingerprint density at radius 2 is 2.08 bits per heavy atom. The Bertz CT molecular complexity index is 332. The van der Waals surface area contributed by atoms with E-state index in [1.807, 2.05) is 13.0 Å². The summed E-state index contributed by atoms with van der Waals surface area (Å²) in [7, 11) is 0. The number of benzene rings is 1. The molecule has 0 fully saturated rings. The van der Waals surface area contributed by atoms with Crippen LogP contribution < -0.4 is 0 Å². The van der Waals surface area contributed by atoms with E-state index < -0.39 is 0 Å². The van der Waals surface area contributed by atoms with E-state index in [0.29, 0.717) is 5.75 Å². The fraction of sp³-hybridized carbons (Fsp3) is 0.111. The van der Waals surface area contributed by atoms with Crippen LogP contribution in [0.4, 0.5) is 0 Å². The van der Waals surface area contributed by atoms with Gasteiger partial charge in [0, 0.05) is 9.13 Å². The van der Waals surface area contributed by atoms with Crippen molar-refractivity contribution in [3.05, 3.63) is 30.9 Å². The fourth-order valence-electron chi connectivity index (χ4n) is 0.929. The van der Waals surface area contributed by atoms with Crippen molar-refractivity contribution in [2.45, 2.75) is 6.92 Å². The summed E-state index contributed by atoms with van der Waals surface area (Å²) in [6, 6.07) is 1.95. The maximum Gasteiger partial charge on any atom is 0.132 e. The molecule has 0 aliphatic rings. The number of hydrogen-bond donors (Lipinski definition) is 1. The van der Waals surface area contributed by atoms with E-state index in [0.717, 1.165) is 18.3 Å². The maximum absolute atomic E-state index is 9.58. The van der Waals surface area contributed by atoms with Gasteiger partial charge in [-0.05, 0) is 63.7 Å². The SMILES string of the molecule is C=Cc1c(I)cc(C)c(O)c1I. The highest BCUT2D eigenvalue weighted by Crippen LogP contribution is 2.31. The summed E-state index contributed by atoms with van der Waals surface area (Å²) in [6.45, 7) is 5.60. The van der Waals surface area contributed by atoms with Gasteiger partial charge in [-0.15, -0.1) is 0 Å². The second kappa shape index (κ2) is 3.95. The first-order valence-electron chi connectivity index (χ1n) is 3.38. The zero-order valence-corrected chi connectivity index (χ0v) is 10.9. The molecule has 0 aromatic heterocycles. The highest BCUT2D eigenvalue weighted by Gasteiger charge is 2.08. The van der Waals surface area contributed by atoms with Crippen LogP contribution in [0.25, 0.3) is 6.08 Å². The molecule has 3 heteroatoms. The molecule has 1 aromatic rings. The number of hydrogen-bond acceptors (Lipinski definition) is 1. The molecule has 0 atom stereocenters. The van der Waals surface area contributed by atoms with Crippen LogP contribution in [0.5, 0.6) is 5.75 Å². The van der Waals surface area contributed by atoms with Crippen molar-refractivity contribution >= 4 is 51.3 Å². The van der Waals surface area contributed by atoms with E-state index in [-0.39, 0.29) is 0 Å². The molecule has 0 unspecified atom stereocenters. The van der Waals surface area contributed by atoms with E-state index >= 15 is 0 Å². The van der Waals surface area contributed by atoms with Crippen molar-refractivity contribution < 1.29 is 5.11 Å². The third-order valence-electron chi connectivity index (χ3n) is 1.62. The smallest absolute Gasteiger partial charge is 0.132 e. The molecule has 0 aliphatic heterocycles. The molecule has 12 heavy (non-hydrogen) atoms. The lowest BCUT2D eigenvalue weighted by Gasteiger charge is -2.07. The van der Waals surface area contributed by atoms with Gasteiger partial charge in [0.25, 0.3) is 0 Å². The molecule has 0 saturated heterocycles. The average Bonchev–Trinajstić information content (AvgIpc) is 2.01. The lowest BCUT2D eigenvalue weighted by atomic mass is 10.1. The predicted octanol–water partition coefficient (Wildman–Crippen LogP) is 3.55. The van der Waals surface area contributed by atoms with Gasteiger partial charge < -0.3 is 5.11 Å². The minimum atomic E-state index is 0.367. The van der Waals surface area contributed by atoms with Crippen molar-refractivity contribution in [1.29, 1.82) is 0 Å². The maximum atomic E-state index is 9.58. The van der Waals surface area contributed by atoms with Crippen LogP contribution in [0.2, 0.25) is 0 Å². The number of halogens is 2. The van der Waals surface area contributed by atoms with Crippen LogP contribution in [0.1, 0.15) is 11.1 Å². The van der Waals surface area contributed by atoms with Gasteiger partial charge in [-0.2, -0.15) is 0 Å². The summed E-state index contributed by atoms with van der Waals surface area (Å²) in [6.07, 6.45) is 1.77. The third kappa shape index (κ3) is 1.76. The Morgan fingerprint density at radius 1 is 1.50 bits per heavy atom. The molecule has 1 nitrogen and oxygen atoms in total. The topological polar surface area (TPSA) is 20.2 Å². The number of aromatic hydroxyl groups is 1. The third-order valence-corrected chi connectivity index (χ3v) is 3.61. The Hall–Kier alpha value is 0.220. The highest BCUT2D eigenvalue weighted by atomic mass is 127. The van der Waals surface area contributed by atoms with Gasteiger partial charge >= 0.3 is 0 Å². The summed E-state index contributed by atoms with van der Waals surface area (Å²) in [5.41, 5.74) is 1.92. The normalized spacial score (nSPS) is 9.92. The Morgan fingerprint density at radius 3 is 2.58 bits per heavy atom. The van der Waals surface area contributed by atoms with Crippen molar-refractivity contribution in [3.8, 4) is 5.75 Å². The minimum absolute atomic E-state index is 0.367. The zero-order chi connectivity index (χ0) is 9.30. The van der Waals surface area contributed by atoms with Gasteiger partial charge in [-0.25, -0.2) is 0 Å². The van der Waals surface area contributed by atoms with Crippen LogP contribution in [0.3, 0.4) is 0 Å². The standard InChI is InChI=1S/C9H8I2O/c1-3-6-7(10)4-5(2)9(12)8(6)11/h3-4,12H,1H2,2H3.